The minimum atomic E-state index is -3.47. The number of hydrogen-bond donors (Lipinski definition) is 2. The molecule has 1 aliphatic rings. The first-order valence-corrected chi connectivity index (χ1v) is 9.98. The molecule has 1 fully saturated rings. The molecule has 10 heteroatoms. The Morgan fingerprint density at radius 3 is 2.56 bits per heavy atom. The lowest BCUT2D eigenvalue weighted by molar-refractivity contribution is 0.192. The third-order valence-electron chi connectivity index (χ3n) is 4.45. The standard InChI is InChI=1S/C17H22N4O5S/c1-20(2)27(24,25)19-13-7-9-21(10-8-13)17(23)18-14-4-5-15-12(11-14)3-6-16(22)26-15/h3-6,11,13,19H,7-10H2,1-2H3,(H,18,23). The second-order valence-electron chi connectivity index (χ2n) is 6.60. The number of nitrogens with one attached hydrogen (secondary N) is 2. The van der Waals surface area contributed by atoms with E-state index in [2.05, 4.69) is 10.0 Å². The van der Waals surface area contributed by atoms with Crippen molar-refractivity contribution >= 4 is 32.9 Å². The predicted molar refractivity (Wildman–Crippen MR) is 102 cm³/mol. The van der Waals surface area contributed by atoms with E-state index in [0.29, 0.717) is 42.6 Å². The number of nitrogens with zero attached hydrogens (tertiary/aromatic N) is 2. The van der Waals surface area contributed by atoms with E-state index in [0.717, 1.165) is 4.31 Å². The first-order chi connectivity index (χ1) is 12.7. The van der Waals surface area contributed by atoms with Crippen LogP contribution in [0.15, 0.2) is 39.5 Å². The molecule has 0 aliphatic carbocycles. The molecule has 0 unspecified atom stereocenters. The van der Waals surface area contributed by atoms with Crippen molar-refractivity contribution in [1.29, 1.82) is 0 Å². The lowest BCUT2D eigenvalue weighted by Crippen LogP contribution is -2.49. The highest BCUT2D eigenvalue weighted by Gasteiger charge is 2.26. The van der Waals surface area contributed by atoms with Gasteiger partial charge in [0.25, 0.3) is 10.2 Å². The first kappa shape index (κ1) is 19.3. The van der Waals surface area contributed by atoms with Crippen LogP contribution in [0.3, 0.4) is 0 Å². The van der Waals surface area contributed by atoms with Crippen molar-refractivity contribution in [1.82, 2.24) is 13.9 Å². The van der Waals surface area contributed by atoms with Crippen molar-refractivity contribution in [2.24, 2.45) is 0 Å². The zero-order chi connectivity index (χ0) is 19.6. The van der Waals surface area contributed by atoms with Gasteiger partial charge in [-0.1, -0.05) is 0 Å². The largest absolute Gasteiger partial charge is 0.423 e. The van der Waals surface area contributed by atoms with Crippen LogP contribution in [-0.2, 0) is 10.2 Å². The number of urea groups is 1. The van der Waals surface area contributed by atoms with Gasteiger partial charge in [-0.05, 0) is 37.1 Å². The average molecular weight is 394 g/mol. The summed E-state index contributed by atoms with van der Waals surface area (Å²) in [6.07, 6.45) is 1.09. The molecule has 1 aliphatic heterocycles. The Morgan fingerprint density at radius 1 is 1.19 bits per heavy atom. The lowest BCUT2D eigenvalue weighted by atomic mass is 10.1. The molecule has 0 saturated carbocycles. The van der Waals surface area contributed by atoms with Crippen LogP contribution < -0.4 is 15.7 Å². The second kappa shape index (κ2) is 7.67. The third-order valence-corrected chi connectivity index (χ3v) is 6.04. The van der Waals surface area contributed by atoms with Gasteiger partial charge in [-0.15, -0.1) is 0 Å². The number of anilines is 1. The van der Waals surface area contributed by atoms with Crippen LogP contribution in [0.2, 0.25) is 0 Å². The quantitative estimate of drug-likeness (QED) is 0.757. The summed E-state index contributed by atoms with van der Waals surface area (Å²) in [5, 5.41) is 3.53. The fourth-order valence-corrected chi connectivity index (χ4v) is 3.74. The molecule has 0 atom stereocenters. The van der Waals surface area contributed by atoms with Crippen LogP contribution in [0.25, 0.3) is 11.0 Å². The van der Waals surface area contributed by atoms with Crippen molar-refractivity contribution in [3.63, 3.8) is 0 Å². The number of fused-ring (bicyclic) bond motifs is 1. The number of carbonyl (C=O) groups is 1. The van der Waals surface area contributed by atoms with Gasteiger partial charge >= 0.3 is 11.7 Å². The average Bonchev–Trinajstić information content (AvgIpc) is 2.62. The summed E-state index contributed by atoms with van der Waals surface area (Å²) in [7, 11) is -0.531. The molecular formula is C17H22N4O5S. The van der Waals surface area contributed by atoms with Gasteiger partial charge in [0.2, 0.25) is 0 Å². The topological polar surface area (TPSA) is 112 Å². The molecule has 1 saturated heterocycles. The maximum atomic E-state index is 12.5. The monoisotopic (exact) mass is 394 g/mol. The van der Waals surface area contributed by atoms with Gasteiger partial charge in [-0.25, -0.2) is 9.59 Å². The summed E-state index contributed by atoms with van der Waals surface area (Å²) >= 11 is 0. The molecule has 2 heterocycles. The number of amides is 2. The molecule has 2 amide bonds. The Hall–Kier alpha value is -2.43. The Labute approximate surface area is 157 Å². The smallest absolute Gasteiger partial charge is 0.336 e. The van der Waals surface area contributed by atoms with Crippen molar-refractivity contribution < 1.29 is 17.6 Å². The zero-order valence-electron chi connectivity index (χ0n) is 15.1. The fraction of sp³-hybridized carbons (Fsp3) is 0.412. The molecule has 27 heavy (non-hydrogen) atoms. The molecule has 146 valence electrons. The van der Waals surface area contributed by atoms with Crippen LogP contribution in [0.5, 0.6) is 0 Å². The molecule has 2 N–H and O–H groups in total. The van der Waals surface area contributed by atoms with Crippen LogP contribution in [0, 0.1) is 0 Å². The van der Waals surface area contributed by atoms with E-state index < -0.39 is 15.8 Å². The van der Waals surface area contributed by atoms with E-state index >= 15 is 0 Å². The molecule has 0 bridgehead atoms. The minimum absolute atomic E-state index is 0.190. The highest BCUT2D eigenvalue weighted by Crippen LogP contribution is 2.19. The van der Waals surface area contributed by atoms with Crippen molar-refractivity contribution in [2.75, 3.05) is 32.5 Å². The highest BCUT2D eigenvalue weighted by atomic mass is 32.2. The number of benzene rings is 1. The maximum absolute atomic E-state index is 12.5. The Kier molecular flexibility index (Phi) is 5.49. The SMILES string of the molecule is CN(C)S(=O)(=O)NC1CCN(C(=O)Nc2ccc3oc(=O)ccc3c2)CC1. The van der Waals surface area contributed by atoms with E-state index in [1.165, 1.54) is 20.2 Å². The number of carbonyl (C=O) groups excluding carboxylic acids is 1. The molecule has 0 radical (unpaired) electrons. The van der Waals surface area contributed by atoms with Crippen molar-refractivity contribution in [2.45, 2.75) is 18.9 Å². The molecule has 9 nitrogen and oxygen atoms in total. The van der Waals surface area contributed by atoms with E-state index in [1.807, 2.05) is 0 Å². The Bertz CT molecular complexity index is 994. The Morgan fingerprint density at radius 2 is 1.89 bits per heavy atom. The Balaban J connectivity index is 1.58. The third kappa shape index (κ3) is 4.65. The van der Waals surface area contributed by atoms with Gasteiger partial charge in [0, 0.05) is 50.4 Å². The van der Waals surface area contributed by atoms with E-state index in [1.54, 1.807) is 29.2 Å². The summed E-state index contributed by atoms with van der Waals surface area (Å²) in [4.78, 5) is 25.3. The normalized spacial score (nSPS) is 16.0. The van der Waals surface area contributed by atoms with Gasteiger partial charge in [-0.2, -0.15) is 17.4 Å². The van der Waals surface area contributed by atoms with Gasteiger partial charge < -0.3 is 14.6 Å². The molecule has 2 aromatic rings. The molecule has 3 rings (SSSR count). The van der Waals surface area contributed by atoms with Crippen LogP contribution in [0.4, 0.5) is 10.5 Å². The predicted octanol–water partition coefficient (Wildman–Crippen LogP) is 1.19. The summed E-state index contributed by atoms with van der Waals surface area (Å²) in [5.74, 6) is 0. The van der Waals surface area contributed by atoms with Gasteiger partial charge in [-0.3, -0.25) is 0 Å². The lowest BCUT2D eigenvalue weighted by Gasteiger charge is -2.32. The summed E-state index contributed by atoms with van der Waals surface area (Å²) in [5.41, 5.74) is 0.623. The van der Waals surface area contributed by atoms with Crippen LogP contribution >= 0.6 is 0 Å². The molecule has 0 spiro atoms. The van der Waals surface area contributed by atoms with Crippen molar-refractivity contribution in [3.05, 3.63) is 40.8 Å². The number of likely N-dealkylation sites (tertiary alicyclic amines) is 1. The number of rotatable bonds is 4. The minimum Gasteiger partial charge on any atom is -0.423 e. The summed E-state index contributed by atoms with van der Waals surface area (Å²) < 4.78 is 32.6. The molecule has 1 aromatic heterocycles. The number of piperidine rings is 1. The van der Waals surface area contributed by atoms with Crippen LogP contribution in [0.1, 0.15) is 12.8 Å². The van der Waals surface area contributed by atoms with E-state index in [9.17, 15) is 18.0 Å². The second-order valence-corrected chi connectivity index (χ2v) is 8.52. The fourth-order valence-electron chi connectivity index (χ4n) is 2.87. The molecular weight excluding hydrogens is 372 g/mol. The summed E-state index contributed by atoms with van der Waals surface area (Å²) in [6.45, 7) is 0.907. The summed E-state index contributed by atoms with van der Waals surface area (Å²) in [6, 6.07) is 7.56. The highest BCUT2D eigenvalue weighted by molar-refractivity contribution is 7.87. The van der Waals surface area contributed by atoms with Gasteiger partial charge in [0.1, 0.15) is 5.58 Å². The van der Waals surface area contributed by atoms with Gasteiger partial charge in [0.15, 0.2) is 0 Å². The number of hydrogen-bond acceptors (Lipinski definition) is 5. The van der Waals surface area contributed by atoms with Crippen molar-refractivity contribution in [3.8, 4) is 0 Å². The van der Waals surface area contributed by atoms with E-state index in [-0.39, 0.29) is 12.1 Å². The zero-order valence-corrected chi connectivity index (χ0v) is 16.0. The van der Waals surface area contributed by atoms with E-state index in [4.69, 9.17) is 4.42 Å². The first-order valence-electron chi connectivity index (χ1n) is 8.54. The van der Waals surface area contributed by atoms with Crippen LogP contribution in [-0.4, -0.2) is 56.9 Å². The van der Waals surface area contributed by atoms with Gasteiger partial charge in [0.05, 0.1) is 0 Å². The molecule has 1 aromatic carbocycles. The maximum Gasteiger partial charge on any atom is 0.336 e.